The maximum Gasteiger partial charge on any atom is 0.262 e. The Balaban J connectivity index is 1.90. The van der Waals surface area contributed by atoms with E-state index in [1.165, 1.54) is 18.3 Å². The van der Waals surface area contributed by atoms with Gasteiger partial charge in [0.25, 0.3) is 5.91 Å². The number of anilines is 1. The van der Waals surface area contributed by atoms with E-state index in [-0.39, 0.29) is 23.3 Å². The lowest BCUT2D eigenvalue weighted by Gasteiger charge is -2.08. The van der Waals surface area contributed by atoms with Crippen LogP contribution in [0.1, 0.15) is 0 Å². The highest BCUT2D eigenvalue weighted by Gasteiger charge is 2.07. The summed E-state index contributed by atoms with van der Waals surface area (Å²) in [6.45, 7) is -0.222. The van der Waals surface area contributed by atoms with Crippen molar-refractivity contribution in [2.24, 2.45) is 0 Å². The Labute approximate surface area is 114 Å². The van der Waals surface area contributed by atoms with E-state index < -0.39 is 5.82 Å². The highest BCUT2D eigenvalue weighted by atomic mass is 35.5. The van der Waals surface area contributed by atoms with Crippen molar-refractivity contribution < 1.29 is 13.9 Å². The van der Waals surface area contributed by atoms with Crippen molar-refractivity contribution in [3.05, 3.63) is 53.6 Å². The number of hydrogen-bond acceptors (Lipinski definition) is 3. The van der Waals surface area contributed by atoms with Gasteiger partial charge in [0.2, 0.25) is 0 Å². The molecule has 2 aromatic rings. The fourth-order valence-electron chi connectivity index (χ4n) is 1.37. The highest BCUT2D eigenvalue weighted by molar-refractivity contribution is 6.32. The lowest BCUT2D eigenvalue weighted by Crippen LogP contribution is -2.20. The molecule has 0 unspecified atom stereocenters. The second-order valence-corrected chi connectivity index (χ2v) is 4.06. The lowest BCUT2D eigenvalue weighted by atomic mass is 10.3. The second-order valence-electron chi connectivity index (χ2n) is 3.65. The molecule has 98 valence electrons. The van der Waals surface area contributed by atoms with Crippen molar-refractivity contribution in [3.63, 3.8) is 0 Å². The van der Waals surface area contributed by atoms with Gasteiger partial charge in [0.15, 0.2) is 6.61 Å². The van der Waals surface area contributed by atoms with Crippen molar-refractivity contribution >= 4 is 23.2 Å². The third-order valence-corrected chi connectivity index (χ3v) is 2.49. The maximum atomic E-state index is 12.8. The number of carbonyl (C=O) groups is 1. The molecule has 19 heavy (non-hydrogen) atoms. The molecule has 1 amide bonds. The van der Waals surface area contributed by atoms with E-state index in [9.17, 15) is 9.18 Å². The fourth-order valence-corrected chi connectivity index (χ4v) is 1.59. The molecule has 0 saturated heterocycles. The molecule has 0 radical (unpaired) electrons. The van der Waals surface area contributed by atoms with Crippen LogP contribution in [0, 0.1) is 5.82 Å². The molecule has 2 rings (SSSR count). The van der Waals surface area contributed by atoms with E-state index in [0.29, 0.717) is 5.69 Å². The standard InChI is InChI=1S/C13H10ClFN2O2/c14-11-6-9(15)3-4-12(11)19-8-13(18)17-10-2-1-5-16-7-10/h1-7H,8H2,(H,17,18). The number of hydrogen-bond donors (Lipinski definition) is 1. The van der Waals surface area contributed by atoms with E-state index in [1.54, 1.807) is 18.3 Å². The number of pyridine rings is 1. The Kier molecular flexibility index (Phi) is 4.30. The number of nitrogens with zero attached hydrogens (tertiary/aromatic N) is 1. The summed E-state index contributed by atoms with van der Waals surface area (Å²) in [5.41, 5.74) is 0.571. The summed E-state index contributed by atoms with van der Waals surface area (Å²) in [4.78, 5) is 15.4. The van der Waals surface area contributed by atoms with Gasteiger partial charge in [0.05, 0.1) is 16.9 Å². The van der Waals surface area contributed by atoms with Gasteiger partial charge in [-0.1, -0.05) is 11.6 Å². The van der Waals surface area contributed by atoms with Crippen molar-refractivity contribution in [3.8, 4) is 5.75 Å². The summed E-state index contributed by atoms with van der Waals surface area (Å²) < 4.78 is 18.0. The normalized spacial score (nSPS) is 10.0. The van der Waals surface area contributed by atoms with E-state index in [4.69, 9.17) is 16.3 Å². The molecule has 1 heterocycles. The molecule has 0 saturated carbocycles. The molecule has 0 aliphatic heterocycles. The molecule has 1 aromatic carbocycles. The zero-order chi connectivity index (χ0) is 13.7. The zero-order valence-electron chi connectivity index (χ0n) is 9.77. The molecule has 6 heteroatoms. The monoisotopic (exact) mass is 280 g/mol. The average molecular weight is 281 g/mol. The Bertz CT molecular complexity index is 578. The van der Waals surface area contributed by atoms with Crippen LogP contribution in [0.15, 0.2) is 42.7 Å². The van der Waals surface area contributed by atoms with Crippen LogP contribution < -0.4 is 10.1 Å². The van der Waals surface area contributed by atoms with Crippen molar-refractivity contribution in [1.82, 2.24) is 4.98 Å². The number of carbonyl (C=O) groups excluding carboxylic acids is 1. The summed E-state index contributed by atoms with van der Waals surface area (Å²) >= 11 is 5.77. The minimum atomic E-state index is -0.461. The zero-order valence-corrected chi connectivity index (χ0v) is 10.5. The molecule has 0 fully saturated rings. The van der Waals surface area contributed by atoms with Crippen LogP contribution in [0.4, 0.5) is 10.1 Å². The maximum absolute atomic E-state index is 12.8. The Hall–Kier alpha value is -2.14. The van der Waals surface area contributed by atoms with Crippen LogP contribution in [-0.4, -0.2) is 17.5 Å². The predicted molar refractivity (Wildman–Crippen MR) is 69.8 cm³/mol. The van der Waals surface area contributed by atoms with Crippen LogP contribution in [0.2, 0.25) is 5.02 Å². The van der Waals surface area contributed by atoms with Crippen LogP contribution in [-0.2, 0) is 4.79 Å². The number of aromatic nitrogens is 1. The van der Waals surface area contributed by atoms with Gasteiger partial charge in [-0.3, -0.25) is 9.78 Å². The molecule has 1 N–H and O–H groups in total. The highest BCUT2D eigenvalue weighted by Crippen LogP contribution is 2.24. The van der Waals surface area contributed by atoms with E-state index in [1.807, 2.05) is 0 Å². The molecule has 0 spiro atoms. The first-order valence-electron chi connectivity index (χ1n) is 5.43. The largest absolute Gasteiger partial charge is 0.482 e. The molecule has 1 aromatic heterocycles. The summed E-state index contributed by atoms with van der Waals surface area (Å²) in [6, 6.07) is 7.11. The molecular formula is C13H10ClFN2O2. The number of halogens is 2. The van der Waals surface area contributed by atoms with Crippen LogP contribution >= 0.6 is 11.6 Å². The Morgan fingerprint density at radius 1 is 1.42 bits per heavy atom. The molecular weight excluding hydrogens is 271 g/mol. The van der Waals surface area contributed by atoms with E-state index >= 15 is 0 Å². The molecule has 0 aliphatic carbocycles. The van der Waals surface area contributed by atoms with Crippen molar-refractivity contribution in [1.29, 1.82) is 0 Å². The summed E-state index contributed by atoms with van der Waals surface area (Å²) in [7, 11) is 0. The summed E-state index contributed by atoms with van der Waals surface area (Å²) in [5.74, 6) is -0.560. The summed E-state index contributed by atoms with van der Waals surface area (Å²) in [6.07, 6.45) is 3.12. The third kappa shape index (κ3) is 3.93. The Morgan fingerprint density at radius 3 is 2.95 bits per heavy atom. The molecule has 0 bridgehead atoms. The van der Waals surface area contributed by atoms with Gasteiger partial charge >= 0.3 is 0 Å². The van der Waals surface area contributed by atoms with Gasteiger partial charge in [0, 0.05) is 6.20 Å². The van der Waals surface area contributed by atoms with Crippen molar-refractivity contribution in [2.45, 2.75) is 0 Å². The van der Waals surface area contributed by atoms with Gasteiger partial charge in [0.1, 0.15) is 11.6 Å². The van der Waals surface area contributed by atoms with Gasteiger partial charge in [-0.2, -0.15) is 0 Å². The van der Waals surface area contributed by atoms with Crippen LogP contribution in [0.25, 0.3) is 0 Å². The van der Waals surface area contributed by atoms with Crippen LogP contribution in [0.3, 0.4) is 0 Å². The SMILES string of the molecule is O=C(COc1ccc(F)cc1Cl)Nc1cccnc1. The predicted octanol–water partition coefficient (Wildman–Crippen LogP) is 2.89. The quantitative estimate of drug-likeness (QED) is 0.937. The van der Waals surface area contributed by atoms with Crippen LogP contribution in [0.5, 0.6) is 5.75 Å². The first kappa shape index (κ1) is 13.3. The average Bonchev–Trinajstić information content (AvgIpc) is 2.39. The minimum Gasteiger partial charge on any atom is -0.482 e. The number of nitrogens with one attached hydrogen (secondary N) is 1. The van der Waals surface area contributed by atoms with Gasteiger partial charge in [-0.15, -0.1) is 0 Å². The van der Waals surface area contributed by atoms with Gasteiger partial charge in [-0.25, -0.2) is 4.39 Å². The first-order chi connectivity index (χ1) is 9.15. The van der Waals surface area contributed by atoms with E-state index in [2.05, 4.69) is 10.3 Å². The third-order valence-electron chi connectivity index (χ3n) is 2.20. The smallest absolute Gasteiger partial charge is 0.262 e. The number of amides is 1. The topological polar surface area (TPSA) is 51.2 Å². The van der Waals surface area contributed by atoms with Gasteiger partial charge in [-0.05, 0) is 30.3 Å². The second kappa shape index (κ2) is 6.15. The molecule has 0 aliphatic rings. The van der Waals surface area contributed by atoms with Crippen molar-refractivity contribution in [2.75, 3.05) is 11.9 Å². The first-order valence-corrected chi connectivity index (χ1v) is 5.80. The Morgan fingerprint density at radius 2 is 2.26 bits per heavy atom. The number of ether oxygens (including phenoxy) is 1. The van der Waals surface area contributed by atoms with E-state index in [0.717, 1.165) is 6.07 Å². The lowest BCUT2D eigenvalue weighted by molar-refractivity contribution is -0.118. The summed E-state index contributed by atoms with van der Waals surface area (Å²) in [5, 5.41) is 2.72. The minimum absolute atomic E-state index is 0.120. The molecule has 0 atom stereocenters. The van der Waals surface area contributed by atoms with Gasteiger partial charge < -0.3 is 10.1 Å². The molecule has 4 nitrogen and oxygen atoms in total. The fraction of sp³-hybridized carbons (Fsp3) is 0.0769. The number of benzene rings is 1. The number of rotatable bonds is 4.